The minimum absolute atomic E-state index is 0.112. The van der Waals surface area contributed by atoms with E-state index in [9.17, 15) is 10.2 Å². The van der Waals surface area contributed by atoms with Crippen LogP contribution in [0.3, 0.4) is 0 Å². The molecule has 1 aliphatic rings. The van der Waals surface area contributed by atoms with Crippen LogP contribution in [0.15, 0.2) is 36.4 Å². The maximum atomic E-state index is 11.6. The molecule has 0 saturated carbocycles. The molecule has 0 fully saturated rings. The Balaban J connectivity index is 2.34. The number of rotatable bonds is 3. The molecule has 2 N–H and O–H groups in total. The summed E-state index contributed by atoms with van der Waals surface area (Å²) in [5.41, 5.74) is 5.89. The molecule has 0 radical (unpaired) electrons. The lowest BCUT2D eigenvalue weighted by atomic mass is 9.69. The summed E-state index contributed by atoms with van der Waals surface area (Å²) in [7, 11) is 0. The van der Waals surface area contributed by atoms with Gasteiger partial charge in [-0.25, -0.2) is 0 Å². The summed E-state index contributed by atoms with van der Waals surface area (Å²) >= 11 is 0. The van der Waals surface area contributed by atoms with Crippen LogP contribution < -0.4 is 0 Å². The van der Waals surface area contributed by atoms with E-state index in [4.69, 9.17) is 0 Å². The van der Waals surface area contributed by atoms with E-state index in [1.807, 2.05) is 0 Å². The molecule has 0 spiro atoms. The first kappa shape index (κ1) is 25.4. The Morgan fingerprint density at radius 3 is 1.55 bits per heavy atom. The Morgan fingerprint density at radius 2 is 1.21 bits per heavy atom. The van der Waals surface area contributed by atoms with Crippen molar-refractivity contribution in [1.82, 2.24) is 0 Å². The second-order valence-corrected chi connectivity index (χ2v) is 13.0. The highest BCUT2D eigenvalue weighted by molar-refractivity contribution is 5.57. The maximum Gasteiger partial charge on any atom is 0.123 e. The van der Waals surface area contributed by atoms with Gasteiger partial charge >= 0.3 is 0 Å². The molecule has 33 heavy (non-hydrogen) atoms. The lowest BCUT2D eigenvalue weighted by Gasteiger charge is -2.36. The number of allylic oxidation sites excluding steroid dienone is 2. The summed E-state index contributed by atoms with van der Waals surface area (Å²) in [6, 6.07) is 8.46. The Labute approximate surface area is 201 Å². The van der Waals surface area contributed by atoms with Crippen molar-refractivity contribution in [3.63, 3.8) is 0 Å². The van der Waals surface area contributed by atoms with Crippen LogP contribution in [0, 0.1) is 25.2 Å². The minimum Gasteiger partial charge on any atom is -0.507 e. The van der Waals surface area contributed by atoms with Crippen LogP contribution in [0.2, 0.25) is 0 Å². The first-order valence-electron chi connectivity index (χ1n) is 12.4. The molecular formula is C31H44O2. The van der Waals surface area contributed by atoms with Crippen molar-refractivity contribution in [3.05, 3.63) is 69.8 Å². The fraction of sp³-hybridized carbons (Fsp3) is 0.548. The summed E-state index contributed by atoms with van der Waals surface area (Å²) in [4.78, 5) is 0. The number of aryl methyl sites for hydroxylation is 2. The molecule has 0 saturated heterocycles. The van der Waals surface area contributed by atoms with Crippen molar-refractivity contribution in [1.29, 1.82) is 0 Å². The zero-order chi connectivity index (χ0) is 24.9. The third-order valence-corrected chi connectivity index (χ3v) is 7.20. The smallest absolute Gasteiger partial charge is 0.123 e. The van der Waals surface area contributed by atoms with Gasteiger partial charge in [0.15, 0.2) is 0 Å². The van der Waals surface area contributed by atoms with E-state index >= 15 is 0 Å². The molecule has 2 nitrogen and oxygen atoms in total. The first-order chi connectivity index (χ1) is 15.0. The monoisotopic (exact) mass is 448 g/mol. The molecule has 1 unspecified atom stereocenters. The van der Waals surface area contributed by atoms with Gasteiger partial charge in [0, 0.05) is 17.0 Å². The highest BCUT2D eigenvalue weighted by atomic mass is 16.3. The van der Waals surface area contributed by atoms with Gasteiger partial charge in [0.05, 0.1) is 0 Å². The molecule has 0 bridgehead atoms. The SMILES string of the molecule is Cc1cc(C(c2cc(C)cc(C(C)(C)C)c2O)C2C=CC(C)(C)CC2)c(O)c(C(C)(C)C)c1. The van der Waals surface area contributed by atoms with Crippen molar-refractivity contribution in [2.45, 2.75) is 98.8 Å². The van der Waals surface area contributed by atoms with Gasteiger partial charge in [0.1, 0.15) is 11.5 Å². The normalized spacial score (nSPS) is 18.7. The van der Waals surface area contributed by atoms with E-state index in [0.29, 0.717) is 11.5 Å². The van der Waals surface area contributed by atoms with E-state index in [1.165, 1.54) is 0 Å². The van der Waals surface area contributed by atoms with Crippen molar-refractivity contribution in [3.8, 4) is 11.5 Å². The average molecular weight is 449 g/mol. The summed E-state index contributed by atoms with van der Waals surface area (Å²) < 4.78 is 0. The van der Waals surface area contributed by atoms with E-state index in [-0.39, 0.29) is 28.1 Å². The summed E-state index contributed by atoms with van der Waals surface area (Å²) in [5.74, 6) is 0.836. The number of phenols is 2. The topological polar surface area (TPSA) is 40.5 Å². The highest BCUT2D eigenvalue weighted by Gasteiger charge is 2.35. The Bertz CT molecular complexity index is 988. The van der Waals surface area contributed by atoms with Gasteiger partial charge in [-0.3, -0.25) is 0 Å². The molecule has 1 aliphatic carbocycles. The first-order valence-corrected chi connectivity index (χ1v) is 12.4. The number of phenolic OH excluding ortho intramolecular Hbond substituents is 2. The van der Waals surface area contributed by atoms with Gasteiger partial charge in [0.2, 0.25) is 0 Å². The molecule has 0 amide bonds. The maximum absolute atomic E-state index is 11.6. The summed E-state index contributed by atoms with van der Waals surface area (Å²) in [6.07, 6.45) is 6.75. The second kappa shape index (κ2) is 8.53. The van der Waals surface area contributed by atoms with Crippen molar-refractivity contribution < 1.29 is 10.2 Å². The molecular weight excluding hydrogens is 404 g/mol. The van der Waals surface area contributed by atoms with Crippen LogP contribution in [0.1, 0.15) is 108 Å². The van der Waals surface area contributed by atoms with Gasteiger partial charge in [-0.2, -0.15) is 0 Å². The number of benzene rings is 2. The van der Waals surface area contributed by atoms with E-state index in [1.54, 1.807) is 0 Å². The van der Waals surface area contributed by atoms with Gasteiger partial charge in [-0.15, -0.1) is 0 Å². The van der Waals surface area contributed by atoms with Gasteiger partial charge in [-0.05, 0) is 60.0 Å². The van der Waals surface area contributed by atoms with Crippen LogP contribution >= 0.6 is 0 Å². The fourth-order valence-corrected chi connectivity index (χ4v) is 5.24. The van der Waals surface area contributed by atoms with Gasteiger partial charge < -0.3 is 10.2 Å². The summed E-state index contributed by atoms with van der Waals surface area (Å²) in [5, 5.41) is 23.2. The van der Waals surface area contributed by atoms with Crippen LogP contribution in [0.4, 0.5) is 0 Å². The largest absolute Gasteiger partial charge is 0.507 e. The molecule has 0 aliphatic heterocycles. The standard InChI is InChI=1S/C31H44O2/c1-19-15-22(27(32)24(17-19)29(3,4)5)26(21-11-13-31(9,10)14-12-21)23-16-20(2)18-25(28(23)33)30(6,7)8/h11,13,15-18,21,26,32-33H,12,14H2,1-10H3. The van der Waals surface area contributed by atoms with Gasteiger partial charge in [0.25, 0.3) is 0 Å². The highest BCUT2D eigenvalue weighted by Crippen LogP contribution is 2.50. The molecule has 2 aromatic rings. The predicted molar refractivity (Wildman–Crippen MR) is 141 cm³/mol. The zero-order valence-electron chi connectivity index (χ0n) is 22.4. The Hall–Kier alpha value is -2.22. The van der Waals surface area contributed by atoms with Gasteiger partial charge in [-0.1, -0.05) is 103 Å². The molecule has 2 aromatic carbocycles. The molecule has 3 rings (SSSR count). The number of hydrogen-bond acceptors (Lipinski definition) is 2. The second-order valence-electron chi connectivity index (χ2n) is 13.0. The van der Waals surface area contributed by atoms with Crippen LogP contribution in [0.25, 0.3) is 0 Å². The fourth-order valence-electron chi connectivity index (χ4n) is 5.24. The van der Waals surface area contributed by atoms with Crippen molar-refractivity contribution in [2.24, 2.45) is 11.3 Å². The predicted octanol–water partition coefficient (Wildman–Crippen LogP) is 8.43. The number of aromatic hydroxyl groups is 2. The van der Waals surface area contributed by atoms with Crippen LogP contribution in [-0.2, 0) is 10.8 Å². The van der Waals surface area contributed by atoms with Crippen LogP contribution in [0.5, 0.6) is 11.5 Å². The zero-order valence-corrected chi connectivity index (χ0v) is 22.4. The quantitative estimate of drug-likeness (QED) is 0.462. The van der Waals surface area contributed by atoms with E-state index in [0.717, 1.165) is 46.2 Å². The Morgan fingerprint density at radius 1 is 0.788 bits per heavy atom. The third-order valence-electron chi connectivity index (χ3n) is 7.20. The lowest BCUT2D eigenvalue weighted by Crippen LogP contribution is -2.23. The minimum atomic E-state index is -0.176. The lowest BCUT2D eigenvalue weighted by molar-refractivity contribution is 0.336. The van der Waals surface area contributed by atoms with Crippen LogP contribution in [-0.4, -0.2) is 10.2 Å². The molecule has 0 heterocycles. The average Bonchev–Trinajstić information content (AvgIpc) is 2.66. The molecule has 1 atom stereocenters. The third kappa shape index (κ3) is 5.31. The summed E-state index contributed by atoms with van der Waals surface area (Å²) in [6.45, 7) is 21.6. The molecule has 2 heteroatoms. The van der Waals surface area contributed by atoms with E-state index < -0.39 is 0 Å². The molecule has 0 aromatic heterocycles. The number of hydrogen-bond donors (Lipinski definition) is 2. The van der Waals surface area contributed by atoms with E-state index in [2.05, 4.69) is 106 Å². The van der Waals surface area contributed by atoms with Crippen molar-refractivity contribution in [2.75, 3.05) is 0 Å². The Kier molecular flexibility index (Phi) is 6.57. The van der Waals surface area contributed by atoms with Crippen molar-refractivity contribution >= 4 is 0 Å². The molecule has 180 valence electrons.